The fourth-order valence-corrected chi connectivity index (χ4v) is 3.02. The average Bonchev–Trinajstić information content (AvgIpc) is 2.55. The molecule has 1 aromatic heterocycles. The van der Waals surface area contributed by atoms with E-state index in [0.717, 1.165) is 37.3 Å². The number of piperidine rings is 1. The lowest BCUT2D eigenvalue weighted by atomic mass is 10.0. The van der Waals surface area contributed by atoms with E-state index in [1.807, 2.05) is 24.0 Å². The van der Waals surface area contributed by atoms with E-state index in [1.165, 1.54) is 5.56 Å². The molecule has 0 bridgehead atoms. The van der Waals surface area contributed by atoms with Crippen molar-refractivity contribution in [1.82, 2.24) is 9.88 Å². The lowest BCUT2D eigenvalue weighted by Crippen LogP contribution is -2.42. The van der Waals surface area contributed by atoms with Gasteiger partial charge >= 0.3 is 0 Å². The quantitative estimate of drug-likeness (QED) is 0.945. The summed E-state index contributed by atoms with van der Waals surface area (Å²) < 4.78 is 0. The molecule has 4 nitrogen and oxygen atoms in total. The summed E-state index contributed by atoms with van der Waals surface area (Å²) in [6.45, 7) is 5.56. The van der Waals surface area contributed by atoms with Crippen LogP contribution in [0.5, 0.6) is 0 Å². The first-order valence-electron chi connectivity index (χ1n) is 8.18. The molecule has 0 radical (unpaired) electrons. The van der Waals surface area contributed by atoms with E-state index in [2.05, 4.69) is 41.5 Å². The predicted molar refractivity (Wildman–Crippen MR) is 92.7 cm³/mol. The summed E-state index contributed by atoms with van der Waals surface area (Å²) in [6.07, 6.45) is 1.93. The second kappa shape index (κ2) is 6.82. The Morgan fingerprint density at radius 2 is 1.87 bits per heavy atom. The molecule has 2 heterocycles. The van der Waals surface area contributed by atoms with Crippen LogP contribution in [-0.2, 0) is 0 Å². The number of aromatic nitrogens is 1. The number of hydrogen-bond donors (Lipinski definition) is 1. The molecule has 0 unspecified atom stereocenters. The molecule has 0 aliphatic carbocycles. The van der Waals surface area contributed by atoms with Crippen molar-refractivity contribution in [2.75, 3.05) is 18.4 Å². The van der Waals surface area contributed by atoms with Gasteiger partial charge in [0.05, 0.1) is 0 Å². The van der Waals surface area contributed by atoms with E-state index in [9.17, 15) is 4.79 Å². The molecule has 2 aromatic rings. The third-order valence-electron chi connectivity index (χ3n) is 4.28. The number of nitrogens with zero attached hydrogens (tertiary/aromatic N) is 2. The lowest BCUT2D eigenvalue weighted by Gasteiger charge is -2.32. The number of benzene rings is 1. The van der Waals surface area contributed by atoms with Crippen molar-refractivity contribution in [1.29, 1.82) is 0 Å². The Balaban J connectivity index is 1.57. The van der Waals surface area contributed by atoms with E-state index in [1.54, 1.807) is 6.07 Å². The first kappa shape index (κ1) is 15.5. The van der Waals surface area contributed by atoms with Crippen molar-refractivity contribution in [2.24, 2.45) is 0 Å². The van der Waals surface area contributed by atoms with Crippen molar-refractivity contribution in [2.45, 2.75) is 32.7 Å². The highest BCUT2D eigenvalue weighted by Gasteiger charge is 2.24. The number of carbonyl (C=O) groups is 1. The maximum atomic E-state index is 12.5. The number of pyridine rings is 1. The monoisotopic (exact) mass is 309 g/mol. The van der Waals surface area contributed by atoms with Crippen LogP contribution in [0.1, 0.15) is 34.6 Å². The zero-order valence-corrected chi connectivity index (χ0v) is 13.7. The number of carbonyl (C=O) groups excluding carboxylic acids is 1. The molecule has 3 rings (SSSR count). The number of amides is 1. The summed E-state index contributed by atoms with van der Waals surface area (Å²) in [4.78, 5) is 18.8. The van der Waals surface area contributed by atoms with Crippen LogP contribution < -0.4 is 5.32 Å². The molecule has 0 spiro atoms. The zero-order valence-electron chi connectivity index (χ0n) is 13.7. The number of rotatable bonds is 3. The van der Waals surface area contributed by atoms with Crippen LogP contribution >= 0.6 is 0 Å². The highest BCUT2D eigenvalue weighted by molar-refractivity contribution is 5.92. The van der Waals surface area contributed by atoms with Gasteiger partial charge in [-0.05, 0) is 56.5 Å². The Morgan fingerprint density at radius 3 is 2.57 bits per heavy atom. The number of aryl methyl sites for hydroxylation is 2. The Hall–Kier alpha value is -2.36. The van der Waals surface area contributed by atoms with Gasteiger partial charge in [-0.25, -0.2) is 4.98 Å². The van der Waals surface area contributed by atoms with Crippen molar-refractivity contribution in [3.63, 3.8) is 0 Å². The van der Waals surface area contributed by atoms with Crippen LogP contribution in [0.4, 0.5) is 5.69 Å². The van der Waals surface area contributed by atoms with Crippen LogP contribution in [0.3, 0.4) is 0 Å². The third-order valence-corrected chi connectivity index (χ3v) is 4.28. The summed E-state index contributed by atoms with van der Waals surface area (Å²) in [7, 11) is 0. The molecule has 23 heavy (non-hydrogen) atoms. The second-order valence-corrected chi connectivity index (χ2v) is 6.24. The molecule has 0 atom stereocenters. The van der Waals surface area contributed by atoms with Crippen molar-refractivity contribution >= 4 is 11.6 Å². The van der Waals surface area contributed by atoms with Gasteiger partial charge in [-0.15, -0.1) is 0 Å². The first-order chi connectivity index (χ1) is 11.1. The normalized spacial score (nSPS) is 15.5. The summed E-state index contributed by atoms with van der Waals surface area (Å²) in [5, 5.41) is 3.58. The van der Waals surface area contributed by atoms with Gasteiger partial charge in [0.1, 0.15) is 5.69 Å². The van der Waals surface area contributed by atoms with Gasteiger partial charge in [-0.3, -0.25) is 4.79 Å². The fraction of sp³-hybridized carbons (Fsp3) is 0.368. The molecular weight excluding hydrogens is 286 g/mol. The zero-order chi connectivity index (χ0) is 16.2. The molecular formula is C19H23N3O. The Labute approximate surface area is 137 Å². The highest BCUT2D eigenvalue weighted by Crippen LogP contribution is 2.18. The number of anilines is 1. The van der Waals surface area contributed by atoms with Gasteiger partial charge in [0, 0.05) is 30.5 Å². The molecule has 0 saturated carbocycles. The van der Waals surface area contributed by atoms with E-state index >= 15 is 0 Å². The number of nitrogens with one attached hydrogen (secondary N) is 1. The van der Waals surface area contributed by atoms with E-state index in [4.69, 9.17) is 0 Å². The minimum Gasteiger partial charge on any atom is -0.382 e. The van der Waals surface area contributed by atoms with Gasteiger partial charge in [-0.1, -0.05) is 18.2 Å². The van der Waals surface area contributed by atoms with Crippen LogP contribution in [0.25, 0.3) is 0 Å². The summed E-state index contributed by atoms with van der Waals surface area (Å²) in [6, 6.07) is 14.4. The number of hydrogen-bond acceptors (Lipinski definition) is 3. The molecule has 1 fully saturated rings. The van der Waals surface area contributed by atoms with E-state index < -0.39 is 0 Å². The Kier molecular flexibility index (Phi) is 4.60. The Bertz CT molecular complexity index is 691. The standard InChI is InChI=1S/C19H23N3O/c1-14-5-3-7-17(13-14)21-16-9-11-22(12-10-16)19(23)18-8-4-6-15(2)20-18/h3-8,13,16,21H,9-12H2,1-2H3. The molecule has 120 valence electrons. The summed E-state index contributed by atoms with van der Waals surface area (Å²) in [5.74, 6) is 0.0442. The SMILES string of the molecule is Cc1cccc(NC2CCN(C(=O)c3cccc(C)n3)CC2)c1. The number of likely N-dealkylation sites (tertiary alicyclic amines) is 1. The minimum absolute atomic E-state index is 0.0442. The van der Waals surface area contributed by atoms with Gasteiger partial charge in [0.2, 0.25) is 0 Å². The molecule has 1 amide bonds. The van der Waals surface area contributed by atoms with E-state index in [0.29, 0.717) is 11.7 Å². The van der Waals surface area contributed by atoms with Crippen molar-refractivity contribution < 1.29 is 4.79 Å². The predicted octanol–water partition coefficient (Wildman–Crippen LogP) is 3.42. The third kappa shape index (κ3) is 3.89. The molecule has 1 N–H and O–H groups in total. The first-order valence-corrected chi connectivity index (χ1v) is 8.18. The van der Waals surface area contributed by atoms with Crippen LogP contribution in [0.15, 0.2) is 42.5 Å². The lowest BCUT2D eigenvalue weighted by molar-refractivity contribution is 0.0712. The van der Waals surface area contributed by atoms with Gasteiger partial charge in [0.25, 0.3) is 5.91 Å². The summed E-state index contributed by atoms with van der Waals surface area (Å²) >= 11 is 0. The van der Waals surface area contributed by atoms with E-state index in [-0.39, 0.29) is 5.91 Å². The maximum Gasteiger partial charge on any atom is 0.272 e. The molecule has 1 aliphatic rings. The largest absolute Gasteiger partial charge is 0.382 e. The van der Waals surface area contributed by atoms with Crippen LogP contribution in [-0.4, -0.2) is 34.9 Å². The van der Waals surface area contributed by atoms with Gasteiger partial charge in [-0.2, -0.15) is 0 Å². The van der Waals surface area contributed by atoms with Crippen molar-refractivity contribution in [3.05, 3.63) is 59.4 Å². The van der Waals surface area contributed by atoms with Gasteiger partial charge < -0.3 is 10.2 Å². The Morgan fingerprint density at radius 1 is 1.13 bits per heavy atom. The summed E-state index contributed by atoms with van der Waals surface area (Å²) in [5.41, 5.74) is 3.85. The topological polar surface area (TPSA) is 45.2 Å². The molecule has 1 aromatic carbocycles. The molecule has 1 saturated heterocycles. The highest BCUT2D eigenvalue weighted by atomic mass is 16.2. The van der Waals surface area contributed by atoms with Crippen molar-refractivity contribution in [3.8, 4) is 0 Å². The van der Waals surface area contributed by atoms with Crippen LogP contribution in [0.2, 0.25) is 0 Å². The van der Waals surface area contributed by atoms with Crippen LogP contribution in [0, 0.1) is 13.8 Å². The minimum atomic E-state index is 0.0442. The average molecular weight is 309 g/mol. The smallest absolute Gasteiger partial charge is 0.272 e. The molecule has 1 aliphatic heterocycles. The van der Waals surface area contributed by atoms with Gasteiger partial charge in [0.15, 0.2) is 0 Å². The molecule has 4 heteroatoms. The maximum absolute atomic E-state index is 12.5. The second-order valence-electron chi connectivity index (χ2n) is 6.24. The fourth-order valence-electron chi connectivity index (χ4n) is 3.02.